The molecule has 0 radical (unpaired) electrons. The minimum atomic E-state index is -3.64. The second kappa shape index (κ2) is 5.61. The highest BCUT2D eigenvalue weighted by atomic mass is 32.2. The second-order valence-corrected chi connectivity index (χ2v) is 7.79. The van der Waals surface area contributed by atoms with Gasteiger partial charge in [0.05, 0.1) is 24.1 Å². The van der Waals surface area contributed by atoms with E-state index >= 15 is 0 Å². The number of aryl methyl sites for hydroxylation is 1. The highest BCUT2D eigenvalue weighted by Crippen LogP contribution is 2.42. The molecule has 2 fully saturated rings. The molecular formula is C14H22N2O4S. The molecule has 2 heterocycles. The highest BCUT2D eigenvalue weighted by Gasteiger charge is 2.42. The Morgan fingerprint density at radius 1 is 1.38 bits per heavy atom. The van der Waals surface area contributed by atoms with Crippen molar-refractivity contribution < 1.29 is 17.3 Å². The molecule has 0 aromatic carbocycles. The van der Waals surface area contributed by atoms with Crippen molar-refractivity contribution in [1.82, 2.24) is 9.78 Å². The average Bonchev–Trinajstić information content (AvgIpc) is 2.97. The van der Waals surface area contributed by atoms with Crippen molar-refractivity contribution in [3.8, 4) is 5.75 Å². The Bertz CT molecular complexity index is 590. The largest absolute Gasteiger partial charge is 0.379 e. The summed E-state index contributed by atoms with van der Waals surface area (Å²) < 4.78 is 36.9. The third-order valence-electron chi connectivity index (χ3n) is 4.40. The van der Waals surface area contributed by atoms with Crippen molar-refractivity contribution in [3.63, 3.8) is 0 Å². The Morgan fingerprint density at radius 3 is 2.81 bits per heavy atom. The lowest BCUT2D eigenvalue weighted by Crippen LogP contribution is -2.33. The first kappa shape index (κ1) is 14.8. The van der Waals surface area contributed by atoms with E-state index < -0.39 is 10.1 Å². The minimum absolute atomic E-state index is 0.0628. The van der Waals surface area contributed by atoms with Crippen LogP contribution in [0.3, 0.4) is 0 Å². The van der Waals surface area contributed by atoms with Crippen molar-refractivity contribution in [2.45, 2.75) is 56.7 Å². The number of ether oxygens (including phenoxy) is 1. The second-order valence-electron chi connectivity index (χ2n) is 6.18. The van der Waals surface area contributed by atoms with Crippen LogP contribution >= 0.6 is 0 Å². The normalized spacial score (nSPS) is 25.3. The third-order valence-corrected chi connectivity index (χ3v) is 5.62. The van der Waals surface area contributed by atoms with Gasteiger partial charge in [-0.15, -0.1) is 0 Å². The quantitative estimate of drug-likeness (QED) is 0.795. The Labute approximate surface area is 125 Å². The first-order chi connectivity index (χ1) is 9.96. The van der Waals surface area contributed by atoms with E-state index in [9.17, 15) is 8.42 Å². The van der Waals surface area contributed by atoms with E-state index in [1.807, 2.05) is 0 Å². The molecule has 3 rings (SSSR count). The molecule has 7 heteroatoms. The van der Waals surface area contributed by atoms with Crippen LogP contribution in [0.5, 0.6) is 5.75 Å². The molecule has 1 saturated heterocycles. The van der Waals surface area contributed by atoms with Gasteiger partial charge in [-0.05, 0) is 25.7 Å². The molecule has 2 aliphatic rings. The summed E-state index contributed by atoms with van der Waals surface area (Å²) in [5.74, 6) is 0.173. The van der Waals surface area contributed by atoms with E-state index in [1.165, 1.54) is 36.3 Å². The smallest absolute Gasteiger partial charge is 0.311 e. The van der Waals surface area contributed by atoms with Crippen LogP contribution in [0.25, 0.3) is 0 Å². The first-order valence-electron chi connectivity index (χ1n) is 7.55. The monoisotopic (exact) mass is 314 g/mol. The van der Waals surface area contributed by atoms with Crippen molar-refractivity contribution in [2.24, 2.45) is 7.05 Å². The van der Waals surface area contributed by atoms with Crippen LogP contribution in [0.15, 0.2) is 12.4 Å². The summed E-state index contributed by atoms with van der Waals surface area (Å²) in [6.45, 7) is 0. The van der Waals surface area contributed by atoms with Gasteiger partial charge in [0.15, 0.2) is 5.75 Å². The summed E-state index contributed by atoms with van der Waals surface area (Å²) in [6.07, 6.45) is 10.2. The zero-order chi connectivity index (χ0) is 14.9. The van der Waals surface area contributed by atoms with Gasteiger partial charge >= 0.3 is 10.1 Å². The lowest BCUT2D eigenvalue weighted by Gasteiger charge is -2.33. The molecule has 0 N–H and O–H groups in total. The lowest BCUT2D eigenvalue weighted by molar-refractivity contribution is -0.0562. The topological polar surface area (TPSA) is 70.4 Å². The molecule has 0 bridgehead atoms. The van der Waals surface area contributed by atoms with Gasteiger partial charge in [0.1, 0.15) is 5.75 Å². The molecule has 1 unspecified atom stereocenters. The fraction of sp³-hybridized carbons (Fsp3) is 0.786. The molecule has 1 aromatic rings. The van der Waals surface area contributed by atoms with Crippen molar-refractivity contribution in [1.29, 1.82) is 0 Å². The van der Waals surface area contributed by atoms with E-state index in [-0.39, 0.29) is 23.2 Å². The summed E-state index contributed by atoms with van der Waals surface area (Å²) in [4.78, 5) is 0. The van der Waals surface area contributed by atoms with Crippen LogP contribution in [0.4, 0.5) is 0 Å². The van der Waals surface area contributed by atoms with Crippen molar-refractivity contribution in [3.05, 3.63) is 12.4 Å². The molecule has 1 atom stereocenters. The maximum atomic E-state index is 12.1. The van der Waals surface area contributed by atoms with E-state index in [0.29, 0.717) is 0 Å². The number of hydrogen-bond acceptors (Lipinski definition) is 5. The number of rotatable bonds is 4. The third kappa shape index (κ3) is 3.58. The number of aromatic nitrogens is 2. The van der Waals surface area contributed by atoms with Gasteiger partial charge in [0.25, 0.3) is 0 Å². The molecule has 1 aromatic heterocycles. The first-order valence-corrected chi connectivity index (χ1v) is 9.13. The zero-order valence-electron chi connectivity index (χ0n) is 12.3. The molecule has 118 valence electrons. The molecule has 6 nitrogen and oxygen atoms in total. The molecule has 1 saturated carbocycles. The van der Waals surface area contributed by atoms with Crippen LogP contribution in [-0.2, 0) is 21.9 Å². The highest BCUT2D eigenvalue weighted by molar-refractivity contribution is 7.87. The maximum Gasteiger partial charge on any atom is 0.311 e. The lowest BCUT2D eigenvalue weighted by atomic mass is 9.83. The van der Waals surface area contributed by atoms with Crippen LogP contribution in [0.1, 0.15) is 44.9 Å². The summed E-state index contributed by atoms with van der Waals surface area (Å²) in [5, 5.41) is 3.90. The Kier molecular flexibility index (Phi) is 3.96. The van der Waals surface area contributed by atoms with E-state index in [2.05, 4.69) is 5.10 Å². The van der Waals surface area contributed by atoms with Crippen LogP contribution in [-0.4, -0.2) is 35.7 Å². The fourth-order valence-corrected chi connectivity index (χ4v) is 4.56. The van der Waals surface area contributed by atoms with E-state index in [4.69, 9.17) is 8.92 Å². The molecule has 1 aliphatic carbocycles. The SMILES string of the molecule is Cn1cc(OS(=O)(=O)CC2CCC3(CCCCC3)O2)cn1. The molecule has 0 amide bonds. The van der Waals surface area contributed by atoms with E-state index in [0.717, 1.165) is 25.7 Å². The maximum absolute atomic E-state index is 12.1. The summed E-state index contributed by atoms with van der Waals surface area (Å²) in [5.41, 5.74) is -0.0628. The van der Waals surface area contributed by atoms with E-state index in [1.54, 1.807) is 7.05 Å². The average molecular weight is 314 g/mol. The van der Waals surface area contributed by atoms with Gasteiger partial charge in [0, 0.05) is 7.05 Å². The molecule has 1 aliphatic heterocycles. The van der Waals surface area contributed by atoms with Gasteiger partial charge in [-0.3, -0.25) is 4.68 Å². The number of nitrogens with zero attached hydrogens (tertiary/aromatic N) is 2. The van der Waals surface area contributed by atoms with Gasteiger partial charge in [-0.2, -0.15) is 13.5 Å². The number of hydrogen-bond donors (Lipinski definition) is 0. The minimum Gasteiger partial charge on any atom is -0.379 e. The van der Waals surface area contributed by atoms with Crippen molar-refractivity contribution >= 4 is 10.1 Å². The van der Waals surface area contributed by atoms with Gasteiger partial charge in [0.2, 0.25) is 0 Å². The Hall–Kier alpha value is -1.08. The summed E-state index contributed by atoms with van der Waals surface area (Å²) in [7, 11) is -1.92. The molecule has 1 spiro atoms. The zero-order valence-corrected chi connectivity index (χ0v) is 13.1. The molecule has 21 heavy (non-hydrogen) atoms. The van der Waals surface area contributed by atoms with Gasteiger partial charge in [-0.1, -0.05) is 19.3 Å². The Balaban J connectivity index is 1.58. The predicted molar refractivity (Wildman–Crippen MR) is 77.5 cm³/mol. The molecular weight excluding hydrogens is 292 g/mol. The summed E-state index contributed by atoms with van der Waals surface area (Å²) in [6, 6.07) is 0. The van der Waals surface area contributed by atoms with Crippen LogP contribution in [0.2, 0.25) is 0 Å². The standard InChI is InChI=1S/C14H22N2O4S/c1-16-10-13(9-15-16)20-21(17,18)11-12-5-8-14(19-12)6-3-2-4-7-14/h9-10,12H,2-8,11H2,1H3. The predicted octanol–water partition coefficient (Wildman–Crippen LogP) is 2.01. The fourth-order valence-electron chi connectivity index (χ4n) is 3.43. The van der Waals surface area contributed by atoms with Gasteiger partial charge < -0.3 is 8.92 Å². The van der Waals surface area contributed by atoms with Crippen LogP contribution in [0, 0.1) is 0 Å². The van der Waals surface area contributed by atoms with Gasteiger partial charge in [-0.25, -0.2) is 0 Å². The Morgan fingerprint density at radius 2 is 2.14 bits per heavy atom. The van der Waals surface area contributed by atoms with Crippen molar-refractivity contribution in [2.75, 3.05) is 5.75 Å². The van der Waals surface area contributed by atoms with Crippen LogP contribution < -0.4 is 4.18 Å². The summed E-state index contributed by atoms with van der Waals surface area (Å²) >= 11 is 0.